The number of pyridine rings is 1. The zero-order chi connectivity index (χ0) is 14.0. The fraction of sp³-hybridized carbons (Fsp3) is 0.0833. The highest BCUT2D eigenvalue weighted by atomic mass is 19.4. The first-order valence-electron chi connectivity index (χ1n) is 5.11. The highest BCUT2D eigenvalue weighted by Gasteiger charge is 2.31. The third-order valence-electron chi connectivity index (χ3n) is 2.27. The number of nitrogens with two attached hydrogens (primary N) is 1. The monoisotopic (exact) mass is 272 g/mol. The summed E-state index contributed by atoms with van der Waals surface area (Å²) in [7, 11) is 0. The van der Waals surface area contributed by atoms with Crippen molar-refractivity contribution in [2.75, 3.05) is 5.73 Å². The van der Waals surface area contributed by atoms with Gasteiger partial charge in [0, 0.05) is 29.1 Å². The van der Waals surface area contributed by atoms with Crippen molar-refractivity contribution in [3.05, 3.63) is 42.5 Å². The Morgan fingerprint density at radius 3 is 2.42 bits per heavy atom. The predicted octanol–water partition coefficient (Wildman–Crippen LogP) is 3.37. The highest BCUT2D eigenvalue weighted by Crippen LogP contribution is 2.31. The molecule has 3 nitrogen and oxygen atoms in total. The van der Waals surface area contributed by atoms with Crippen LogP contribution in [0.3, 0.4) is 0 Å². The summed E-state index contributed by atoms with van der Waals surface area (Å²) < 4.78 is 52.8. The minimum atomic E-state index is -4.78. The lowest BCUT2D eigenvalue weighted by atomic mass is 10.1. The number of nitrogens with zero attached hydrogens (tertiary/aromatic N) is 1. The van der Waals surface area contributed by atoms with Crippen LogP contribution >= 0.6 is 0 Å². The number of halogens is 4. The summed E-state index contributed by atoms with van der Waals surface area (Å²) in [4.78, 5) is 3.64. The van der Waals surface area contributed by atoms with E-state index in [9.17, 15) is 17.6 Å². The molecule has 0 bridgehead atoms. The van der Waals surface area contributed by atoms with Crippen LogP contribution < -0.4 is 10.5 Å². The molecule has 2 aromatic rings. The molecule has 0 unspecified atom stereocenters. The maximum absolute atomic E-state index is 13.0. The zero-order valence-electron chi connectivity index (χ0n) is 9.41. The number of rotatable bonds is 2. The average molecular weight is 272 g/mol. The van der Waals surface area contributed by atoms with Crippen LogP contribution in [0.5, 0.6) is 5.75 Å². The number of hydrogen-bond acceptors (Lipinski definition) is 3. The van der Waals surface area contributed by atoms with E-state index in [0.717, 1.165) is 18.3 Å². The second kappa shape index (κ2) is 4.75. The molecule has 7 heteroatoms. The molecule has 0 saturated carbocycles. The van der Waals surface area contributed by atoms with Gasteiger partial charge in [-0.1, -0.05) is 0 Å². The normalized spacial score (nSPS) is 11.4. The van der Waals surface area contributed by atoms with E-state index in [-0.39, 0.29) is 5.69 Å². The molecular formula is C12H8F4N2O. The maximum Gasteiger partial charge on any atom is 0.573 e. The summed E-state index contributed by atoms with van der Waals surface area (Å²) in [5.74, 6) is -0.995. The van der Waals surface area contributed by atoms with E-state index in [0.29, 0.717) is 11.1 Å². The smallest absolute Gasteiger partial charge is 0.406 e. The van der Waals surface area contributed by atoms with Crippen molar-refractivity contribution >= 4 is 5.69 Å². The SMILES string of the molecule is Nc1cc(OC(F)(F)F)ccc1-c1cncc(F)c1. The maximum atomic E-state index is 13.0. The number of nitrogen functional groups attached to an aromatic ring is 1. The third-order valence-corrected chi connectivity index (χ3v) is 2.27. The molecule has 0 fully saturated rings. The summed E-state index contributed by atoms with van der Waals surface area (Å²) in [5, 5.41) is 0. The Balaban J connectivity index is 2.34. The van der Waals surface area contributed by atoms with Crippen LogP contribution in [0.1, 0.15) is 0 Å². The Bertz CT molecular complexity index is 599. The molecule has 0 aliphatic carbocycles. The van der Waals surface area contributed by atoms with E-state index in [1.807, 2.05) is 0 Å². The average Bonchev–Trinajstić information content (AvgIpc) is 2.26. The zero-order valence-corrected chi connectivity index (χ0v) is 9.41. The molecule has 0 amide bonds. The third kappa shape index (κ3) is 3.34. The Labute approximate surface area is 105 Å². The lowest BCUT2D eigenvalue weighted by Crippen LogP contribution is -2.17. The van der Waals surface area contributed by atoms with Crippen molar-refractivity contribution in [1.82, 2.24) is 4.98 Å². The van der Waals surface area contributed by atoms with Gasteiger partial charge < -0.3 is 10.5 Å². The molecule has 0 radical (unpaired) electrons. The van der Waals surface area contributed by atoms with Crippen molar-refractivity contribution in [2.24, 2.45) is 0 Å². The molecular weight excluding hydrogens is 264 g/mol. The summed E-state index contributed by atoms with van der Waals surface area (Å²) in [6.07, 6.45) is -2.41. The molecule has 0 saturated heterocycles. The lowest BCUT2D eigenvalue weighted by molar-refractivity contribution is -0.274. The summed E-state index contributed by atoms with van der Waals surface area (Å²) >= 11 is 0. The van der Waals surface area contributed by atoms with Crippen molar-refractivity contribution in [3.63, 3.8) is 0 Å². The number of aromatic nitrogens is 1. The van der Waals surface area contributed by atoms with Crippen molar-refractivity contribution < 1.29 is 22.3 Å². The molecule has 100 valence electrons. The number of hydrogen-bond donors (Lipinski definition) is 1. The van der Waals surface area contributed by atoms with Gasteiger partial charge in [0.15, 0.2) is 0 Å². The molecule has 0 spiro atoms. The van der Waals surface area contributed by atoms with E-state index in [2.05, 4.69) is 9.72 Å². The molecule has 1 heterocycles. The van der Waals surface area contributed by atoms with Crippen LogP contribution in [-0.2, 0) is 0 Å². The van der Waals surface area contributed by atoms with E-state index in [4.69, 9.17) is 5.73 Å². The van der Waals surface area contributed by atoms with E-state index < -0.39 is 17.9 Å². The first-order chi connectivity index (χ1) is 8.85. The second-order valence-corrected chi connectivity index (χ2v) is 3.69. The molecule has 0 aliphatic heterocycles. The molecule has 2 N–H and O–H groups in total. The van der Waals surface area contributed by atoms with E-state index in [1.54, 1.807) is 0 Å². The standard InChI is InChI=1S/C12H8F4N2O/c13-8-3-7(5-18-6-8)10-2-1-9(4-11(10)17)19-12(14,15)16/h1-6H,17H2. The van der Waals surface area contributed by atoms with Crippen LogP contribution in [0.4, 0.5) is 23.2 Å². The van der Waals surface area contributed by atoms with Gasteiger partial charge in [0.2, 0.25) is 0 Å². The van der Waals surface area contributed by atoms with Gasteiger partial charge in [-0.05, 0) is 18.2 Å². The molecule has 1 aromatic carbocycles. The molecule has 0 aliphatic rings. The highest BCUT2D eigenvalue weighted by molar-refractivity contribution is 5.76. The first kappa shape index (κ1) is 13.1. The quantitative estimate of drug-likeness (QED) is 0.673. The summed E-state index contributed by atoms with van der Waals surface area (Å²) in [6, 6.07) is 4.62. The Kier molecular flexibility index (Phi) is 3.28. The predicted molar refractivity (Wildman–Crippen MR) is 60.7 cm³/mol. The van der Waals surface area contributed by atoms with Gasteiger partial charge in [-0.25, -0.2) is 4.39 Å². The van der Waals surface area contributed by atoms with Crippen molar-refractivity contribution in [3.8, 4) is 16.9 Å². The van der Waals surface area contributed by atoms with Crippen molar-refractivity contribution in [2.45, 2.75) is 6.36 Å². The fourth-order valence-electron chi connectivity index (χ4n) is 1.56. The van der Waals surface area contributed by atoms with E-state index >= 15 is 0 Å². The van der Waals surface area contributed by atoms with Gasteiger partial charge in [-0.15, -0.1) is 13.2 Å². The van der Waals surface area contributed by atoms with Crippen LogP contribution in [0.25, 0.3) is 11.1 Å². The molecule has 19 heavy (non-hydrogen) atoms. The Morgan fingerprint density at radius 1 is 1.11 bits per heavy atom. The van der Waals surface area contributed by atoms with Gasteiger partial charge in [-0.3, -0.25) is 4.98 Å². The Hall–Kier alpha value is -2.31. The van der Waals surface area contributed by atoms with Crippen molar-refractivity contribution in [1.29, 1.82) is 0 Å². The lowest BCUT2D eigenvalue weighted by Gasteiger charge is -2.11. The van der Waals surface area contributed by atoms with E-state index in [1.165, 1.54) is 18.3 Å². The minimum absolute atomic E-state index is 0.0363. The van der Waals surface area contributed by atoms with Crippen LogP contribution in [0.15, 0.2) is 36.7 Å². The topological polar surface area (TPSA) is 48.1 Å². The van der Waals surface area contributed by atoms with Gasteiger partial charge >= 0.3 is 6.36 Å². The number of alkyl halides is 3. The van der Waals surface area contributed by atoms with Crippen LogP contribution in [0, 0.1) is 5.82 Å². The molecule has 2 rings (SSSR count). The molecule has 0 atom stereocenters. The second-order valence-electron chi connectivity index (χ2n) is 3.69. The Morgan fingerprint density at radius 2 is 1.84 bits per heavy atom. The fourth-order valence-corrected chi connectivity index (χ4v) is 1.56. The summed E-state index contributed by atoms with van der Waals surface area (Å²) in [5.41, 5.74) is 6.41. The number of anilines is 1. The first-order valence-corrected chi connectivity index (χ1v) is 5.11. The number of benzene rings is 1. The minimum Gasteiger partial charge on any atom is -0.406 e. The van der Waals surface area contributed by atoms with Gasteiger partial charge in [0.25, 0.3) is 0 Å². The van der Waals surface area contributed by atoms with Gasteiger partial charge in [0.05, 0.1) is 6.20 Å². The van der Waals surface area contributed by atoms with Gasteiger partial charge in [-0.2, -0.15) is 0 Å². The largest absolute Gasteiger partial charge is 0.573 e. The van der Waals surface area contributed by atoms with Crippen LogP contribution in [-0.4, -0.2) is 11.3 Å². The van der Waals surface area contributed by atoms with Gasteiger partial charge in [0.1, 0.15) is 11.6 Å². The summed E-state index contributed by atoms with van der Waals surface area (Å²) in [6.45, 7) is 0. The molecule has 1 aromatic heterocycles. The number of ether oxygens (including phenoxy) is 1. The van der Waals surface area contributed by atoms with Crippen LogP contribution in [0.2, 0.25) is 0 Å².